The smallest absolute Gasteiger partial charge is 0.0878 e. The van der Waals surface area contributed by atoms with Crippen LogP contribution >= 0.6 is 0 Å². The molecule has 0 aliphatic heterocycles. The van der Waals surface area contributed by atoms with E-state index in [2.05, 4.69) is 13.2 Å². The molecule has 1 rings (SSSR count). The normalized spacial score (nSPS) is 18.8. The van der Waals surface area contributed by atoms with Gasteiger partial charge in [0, 0.05) is 0 Å². The van der Waals surface area contributed by atoms with E-state index in [-0.39, 0.29) is 0 Å². The first-order chi connectivity index (χ1) is 7.83. The average molecular weight is 224 g/mol. The van der Waals surface area contributed by atoms with Gasteiger partial charge in [-0.15, -0.1) is 0 Å². The van der Waals surface area contributed by atoms with Crippen LogP contribution in [0.1, 0.15) is 44.9 Å². The van der Waals surface area contributed by atoms with Crippen LogP contribution in [0.5, 0.6) is 0 Å². The van der Waals surface area contributed by atoms with Crippen molar-refractivity contribution >= 4 is 0 Å². The Morgan fingerprint density at radius 3 is 1.81 bits per heavy atom. The lowest BCUT2D eigenvalue weighted by Crippen LogP contribution is -2.27. The van der Waals surface area contributed by atoms with E-state index in [9.17, 15) is 0 Å². The van der Waals surface area contributed by atoms with Gasteiger partial charge in [0.25, 0.3) is 0 Å². The SMILES string of the molecule is C=COCCC1(CCOC=C)CCCCC1. The third kappa shape index (κ3) is 4.30. The monoisotopic (exact) mass is 224 g/mol. The van der Waals surface area contributed by atoms with Crippen LogP contribution in [0, 0.1) is 5.41 Å². The first-order valence-electron chi connectivity index (χ1n) is 6.28. The van der Waals surface area contributed by atoms with E-state index in [0.29, 0.717) is 5.41 Å². The Bertz CT molecular complexity index is 189. The second-order valence-electron chi connectivity index (χ2n) is 4.64. The first-order valence-corrected chi connectivity index (χ1v) is 6.28. The van der Waals surface area contributed by atoms with E-state index in [1.807, 2.05) is 0 Å². The molecule has 0 aromatic heterocycles. The van der Waals surface area contributed by atoms with Crippen LogP contribution in [-0.4, -0.2) is 13.2 Å². The lowest BCUT2D eigenvalue weighted by molar-refractivity contribution is 0.0827. The Labute approximate surface area is 99.3 Å². The molecule has 0 saturated heterocycles. The average Bonchev–Trinajstić information content (AvgIpc) is 2.31. The van der Waals surface area contributed by atoms with Crippen LogP contribution in [0.25, 0.3) is 0 Å². The maximum absolute atomic E-state index is 5.27. The Morgan fingerprint density at radius 2 is 1.38 bits per heavy atom. The summed E-state index contributed by atoms with van der Waals surface area (Å²) in [6.45, 7) is 8.74. The molecule has 0 aromatic carbocycles. The van der Waals surface area contributed by atoms with Crippen molar-refractivity contribution in [1.82, 2.24) is 0 Å². The minimum atomic E-state index is 0.435. The van der Waals surface area contributed by atoms with Gasteiger partial charge in [0.15, 0.2) is 0 Å². The topological polar surface area (TPSA) is 18.5 Å². The zero-order valence-corrected chi connectivity index (χ0v) is 10.2. The van der Waals surface area contributed by atoms with Crippen LogP contribution < -0.4 is 0 Å². The molecular formula is C14H24O2. The summed E-state index contributed by atoms with van der Waals surface area (Å²) in [5, 5.41) is 0. The second-order valence-corrected chi connectivity index (χ2v) is 4.64. The summed E-state index contributed by atoms with van der Waals surface area (Å²) in [7, 11) is 0. The van der Waals surface area contributed by atoms with Gasteiger partial charge in [-0.25, -0.2) is 0 Å². The second kappa shape index (κ2) is 7.37. The molecule has 1 aliphatic rings. The number of ether oxygens (including phenoxy) is 2. The van der Waals surface area contributed by atoms with Crippen molar-refractivity contribution in [3.63, 3.8) is 0 Å². The van der Waals surface area contributed by atoms with Gasteiger partial charge in [-0.1, -0.05) is 32.4 Å². The van der Waals surface area contributed by atoms with E-state index in [1.54, 1.807) is 0 Å². The van der Waals surface area contributed by atoms with Crippen LogP contribution in [0.2, 0.25) is 0 Å². The quantitative estimate of drug-likeness (QED) is 0.457. The summed E-state index contributed by atoms with van der Waals surface area (Å²) in [6, 6.07) is 0. The molecule has 0 spiro atoms. The maximum atomic E-state index is 5.27. The van der Waals surface area contributed by atoms with Gasteiger partial charge in [0.05, 0.1) is 25.7 Å². The molecule has 0 bridgehead atoms. The Morgan fingerprint density at radius 1 is 0.875 bits per heavy atom. The molecule has 16 heavy (non-hydrogen) atoms. The number of rotatable bonds is 8. The van der Waals surface area contributed by atoms with E-state index < -0.39 is 0 Å². The van der Waals surface area contributed by atoms with Crippen molar-refractivity contribution in [2.24, 2.45) is 5.41 Å². The molecule has 92 valence electrons. The summed E-state index contributed by atoms with van der Waals surface area (Å²) in [4.78, 5) is 0. The Balaban J connectivity index is 2.38. The van der Waals surface area contributed by atoms with Crippen LogP contribution in [0.15, 0.2) is 25.7 Å². The lowest BCUT2D eigenvalue weighted by atomic mass is 9.70. The molecule has 2 nitrogen and oxygen atoms in total. The standard InChI is InChI=1S/C14H24O2/c1-3-15-12-10-14(11-13-16-4-2)8-6-5-7-9-14/h3-4H,1-2,5-13H2. The van der Waals surface area contributed by atoms with Gasteiger partial charge in [0.2, 0.25) is 0 Å². The van der Waals surface area contributed by atoms with Gasteiger partial charge in [-0.2, -0.15) is 0 Å². The lowest BCUT2D eigenvalue weighted by Gasteiger charge is -2.37. The number of hydrogen-bond donors (Lipinski definition) is 0. The summed E-state index contributed by atoms with van der Waals surface area (Å²) in [5.74, 6) is 0. The van der Waals surface area contributed by atoms with Crippen molar-refractivity contribution in [1.29, 1.82) is 0 Å². The highest BCUT2D eigenvalue weighted by Gasteiger charge is 2.31. The third-order valence-electron chi connectivity index (χ3n) is 3.65. The van der Waals surface area contributed by atoms with Crippen molar-refractivity contribution < 1.29 is 9.47 Å². The summed E-state index contributed by atoms with van der Waals surface area (Å²) >= 11 is 0. The highest BCUT2D eigenvalue weighted by atomic mass is 16.5. The fraction of sp³-hybridized carbons (Fsp3) is 0.714. The predicted molar refractivity (Wildman–Crippen MR) is 67.1 cm³/mol. The molecule has 0 radical (unpaired) electrons. The van der Waals surface area contributed by atoms with E-state index in [0.717, 1.165) is 26.1 Å². The van der Waals surface area contributed by atoms with Crippen LogP contribution in [-0.2, 0) is 9.47 Å². The van der Waals surface area contributed by atoms with E-state index in [4.69, 9.17) is 9.47 Å². The summed E-state index contributed by atoms with van der Waals surface area (Å²) < 4.78 is 10.5. The predicted octanol–water partition coefficient (Wildman–Crippen LogP) is 4.04. The highest BCUT2D eigenvalue weighted by Crippen LogP contribution is 2.42. The Hall–Kier alpha value is -0.920. The third-order valence-corrected chi connectivity index (χ3v) is 3.65. The highest BCUT2D eigenvalue weighted by molar-refractivity contribution is 4.83. The van der Waals surface area contributed by atoms with E-state index >= 15 is 0 Å². The van der Waals surface area contributed by atoms with E-state index in [1.165, 1.54) is 44.6 Å². The van der Waals surface area contributed by atoms with Crippen LogP contribution in [0.3, 0.4) is 0 Å². The molecule has 0 heterocycles. The maximum Gasteiger partial charge on any atom is 0.0878 e. The van der Waals surface area contributed by atoms with Crippen LogP contribution in [0.4, 0.5) is 0 Å². The minimum absolute atomic E-state index is 0.435. The molecule has 1 saturated carbocycles. The molecule has 2 heteroatoms. The summed E-state index contributed by atoms with van der Waals surface area (Å²) in [5.41, 5.74) is 0.435. The molecule has 0 aromatic rings. The van der Waals surface area contributed by atoms with Gasteiger partial charge in [-0.3, -0.25) is 0 Å². The molecule has 0 atom stereocenters. The zero-order chi connectivity index (χ0) is 11.7. The van der Waals surface area contributed by atoms with Crippen molar-refractivity contribution in [2.45, 2.75) is 44.9 Å². The molecule has 0 unspecified atom stereocenters. The largest absolute Gasteiger partial charge is 0.502 e. The van der Waals surface area contributed by atoms with Crippen molar-refractivity contribution in [3.05, 3.63) is 25.7 Å². The first kappa shape index (κ1) is 13.1. The van der Waals surface area contributed by atoms with Gasteiger partial charge in [0.1, 0.15) is 0 Å². The molecule has 1 aliphatic carbocycles. The Kier molecular flexibility index (Phi) is 6.05. The molecule has 1 fully saturated rings. The van der Waals surface area contributed by atoms with Crippen molar-refractivity contribution in [2.75, 3.05) is 13.2 Å². The van der Waals surface area contributed by atoms with Gasteiger partial charge < -0.3 is 9.47 Å². The van der Waals surface area contributed by atoms with Gasteiger partial charge in [-0.05, 0) is 31.1 Å². The fourth-order valence-electron chi connectivity index (χ4n) is 2.64. The minimum Gasteiger partial charge on any atom is -0.502 e. The molecule has 0 N–H and O–H groups in total. The van der Waals surface area contributed by atoms with Gasteiger partial charge >= 0.3 is 0 Å². The number of hydrogen-bond acceptors (Lipinski definition) is 2. The molecular weight excluding hydrogens is 200 g/mol. The zero-order valence-electron chi connectivity index (χ0n) is 10.2. The van der Waals surface area contributed by atoms with Crippen molar-refractivity contribution in [3.8, 4) is 0 Å². The fourth-order valence-corrected chi connectivity index (χ4v) is 2.64. The summed E-state index contributed by atoms with van der Waals surface area (Å²) in [6.07, 6.45) is 12.0. The molecule has 0 amide bonds.